The summed E-state index contributed by atoms with van der Waals surface area (Å²) in [5.74, 6) is -2.75. The summed E-state index contributed by atoms with van der Waals surface area (Å²) in [4.78, 5) is 11.4. The van der Waals surface area contributed by atoms with Crippen molar-refractivity contribution in [3.63, 3.8) is 0 Å². The Morgan fingerprint density at radius 2 is 1.94 bits per heavy atom. The molecule has 1 aromatic rings. The van der Waals surface area contributed by atoms with Crippen LogP contribution >= 0.6 is 27.5 Å². The van der Waals surface area contributed by atoms with Gasteiger partial charge in [-0.25, -0.2) is 8.78 Å². The maximum atomic E-state index is 13.3. The maximum absolute atomic E-state index is 13.3. The van der Waals surface area contributed by atoms with E-state index in [1.807, 2.05) is 0 Å². The molecule has 1 N–H and O–H groups in total. The zero-order chi connectivity index (χ0) is 12.3. The van der Waals surface area contributed by atoms with Gasteiger partial charge in [0.25, 0.3) is 5.91 Å². The van der Waals surface area contributed by atoms with Crippen molar-refractivity contribution in [3.8, 4) is 0 Å². The summed E-state index contributed by atoms with van der Waals surface area (Å²) >= 11 is 8.32. The summed E-state index contributed by atoms with van der Waals surface area (Å²) in [6, 6.07) is 2.01. The summed E-state index contributed by atoms with van der Waals surface area (Å²) in [5.41, 5.74) is -0.638. The zero-order valence-corrected chi connectivity index (χ0v) is 10.3. The van der Waals surface area contributed by atoms with E-state index in [2.05, 4.69) is 27.8 Å². The standard InChI is InChI=1S/C10H7BrClF2NO/c1-5(12)4-15-10(16)9-7(13)2-6(11)3-8(9)14/h2-3H,1,4H2,(H,15,16). The van der Waals surface area contributed by atoms with Crippen molar-refractivity contribution >= 4 is 33.4 Å². The van der Waals surface area contributed by atoms with Crippen molar-refractivity contribution in [3.05, 3.63) is 45.4 Å². The summed E-state index contributed by atoms with van der Waals surface area (Å²) in [6.07, 6.45) is 0. The van der Waals surface area contributed by atoms with E-state index in [0.717, 1.165) is 12.1 Å². The molecule has 6 heteroatoms. The molecule has 0 heterocycles. The number of carbonyl (C=O) groups is 1. The predicted octanol–water partition coefficient (Wildman–Crippen LogP) is 3.21. The molecule has 0 spiro atoms. The molecule has 86 valence electrons. The SMILES string of the molecule is C=C(Cl)CNC(=O)c1c(F)cc(Br)cc1F. The molecule has 1 aromatic carbocycles. The Labute approximate surface area is 104 Å². The Hall–Kier alpha value is -0.940. The quantitative estimate of drug-likeness (QED) is 0.912. The van der Waals surface area contributed by atoms with Crippen molar-refractivity contribution in [2.24, 2.45) is 0 Å². The molecule has 16 heavy (non-hydrogen) atoms. The van der Waals surface area contributed by atoms with Gasteiger partial charge in [-0.1, -0.05) is 34.1 Å². The molecule has 0 fully saturated rings. The van der Waals surface area contributed by atoms with Crippen LogP contribution in [0.3, 0.4) is 0 Å². The number of nitrogens with one attached hydrogen (secondary N) is 1. The van der Waals surface area contributed by atoms with E-state index in [9.17, 15) is 13.6 Å². The van der Waals surface area contributed by atoms with Crippen molar-refractivity contribution in [2.75, 3.05) is 6.54 Å². The summed E-state index contributed by atoms with van der Waals surface area (Å²) in [6.45, 7) is 3.29. The van der Waals surface area contributed by atoms with Gasteiger partial charge < -0.3 is 5.32 Å². The Kier molecular flexibility index (Phi) is 4.44. The lowest BCUT2D eigenvalue weighted by molar-refractivity contribution is 0.0949. The minimum Gasteiger partial charge on any atom is -0.347 e. The second-order valence-corrected chi connectivity index (χ2v) is 4.39. The topological polar surface area (TPSA) is 29.1 Å². The first-order chi connectivity index (χ1) is 7.41. The lowest BCUT2D eigenvalue weighted by Crippen LogP contribution is -2.26. The predicted molar refractivity (Wildman–Crippen MR) is 61.4 cm³/mol. The molecule has 0 aliphatic heterocycles. The molecule has 0 saturated heterocycles. The molecular weight excluding hydrogens is 303 g/mol. The highest BCUT2D eigenvalue weighted by molar-refractivity contribution is 9.10. The minimum atomic E-state index is -0.940. The van der Waals surface area contributed by atoms with E-state index in [0.29, 0.717) is 0 Å². The number of hydrogen-bond acceptors (Lipinski definition) is 1. The van der Waals surface area contributed by atoms with Crippen LogP contribution in [0.2, 0.25) is 0 Å². The molecule has 0 bridgehead atoms. The van der Waals surface area contributed by atoms with Crippen LogP contribution in [0.5, 0.6) is 0 Å². The molecule has 0 aromatic heterocycles. The fraction of sp³-hybridized carbons (Fsp3) is 0.100. The van der Waals surface area contributed by atoms with Gasteiger partial charge in [-0.3, -0.25) is 4.79 Å². The first kappa shape index (κ1) is 13.1. The van der Waals surface area contributed by atoms with Crippen LogP contribution in [0, 0.1) is 11.6 Å². The molecular formula is C10H7BrClF2NO. The number of carbonyl (C=O) groups excluding carboxylic acids is 1. The van der Waals surface area contributed by atoms with Crippen LogP contribution in [0.15, 0.2) is 28.2 Å². The van der Waals surface area contributed by atoms with Crippen molar-refractivity contribution in [1.82, 2.24) is 5.32 Å². The van der Waals surface area contributed by atoms with E-state index in [1.54, 1.807) is 0 Å². The Morgan fingerprint density at radius 3 is 2.38 bits per heavy atom. The average molecular weight is 311 g/mol. The highest BCUT2D eigenvalue weighted by Crippen LogP contribution is 2.19. The van der Waals surface area contributed by atoms with Crippen LogP contribution < -0.4 is 5.32 Å². The molecule has 0 aliphatic rings. The average Bonchev–Trinajstić information content (AvgIpc) is 2.12. The van der Waals surface area contributed by atoms with Crippen LogP contribution in [0.1, 0.15) is 10.4 Å². The second-order valence-electron chi connectivity index (χ2n) is 2.94. The number of hydrogen-bond donors (Lipinski definition) is 1. The van der Waals surface area contributed by atoms with Crippen molar-refractivity contribution < 1.29 is 13.6 Å². The van der Waals surface area contributed by atoms with Crippen molar-refractivity contribution in [1.29, 1.82) is 0 Å². The van der Waals surface area contributed by atoms with Crippen LogP contribution in [0.4, 0.5) is 8.78 Å². The molecule has 0 atom stereocenters. The van der Waals surface area contributed by atoms with E-state index in [4.69, 9.17) is 11.6 Å². The normalized spacial score (nSPS) is 10.0. The zero-order valence-electron chi connectivity index (χ0n) is 7.99. The summed E-state index contributed by atoms with van der Waals surface area (Å²) < 4.78 is 26.8. The summed E-state index contributed by atoms with van der Waals surface area (Å²) in [7, 11) is 0. The van der Waals surface area contributed by atoms with E-state index in [-0.39, 0.29) is 16.0 Å². The Bertz CT molecular complexity index is 427. The molecule has 0 unspecified atom stereocenters. The lowest BCUT2D eigenvalue weighted by atomic mass is 10.2. The Morgan fingerprint density at radius 1 is 1.44 bits per heavy atom. The van der Waals surface area contributed by atoms with Crippen molar-refractivity contribution in [2.45, 2.75) is 0 Å². The smallest absolute Gasteiger partial charge is 0.257 e. The van der Waals surface area contributed by atoms with Crippen LogP contribution in [-0.2, 0) is 0 Å². The van der Waals surface area contributed by atoms with E-state index in [1.165, 1.54) is 0 Å². The largest absolute Gasteiger partial charge is 0.347 e. The number of amides is 1. The third-order valence-corrected chi connectivity index (χ3v) is 2.27. The fourth-order valence-electron chi connectivity index (χ4n) is 1.02. The Balaban J connectivity index is 2.95. The van der Waals surface area contributed by atoms with Gasteiger partial charge in [0, 0.05) is 9.51 Å². The first-order valence-electron chi connectivity index (χ1n) is 4.18. The molecule has 2 nitrogen and oxygen atoms in total. The third-order valence-electron chi connectivity index (χ3n) is 1.67. The van der Waals surface area contributed by atoms with Gasteiger partial charge in [0.2, 0.25) is 0 Å². The number of benzene rings is 1. The number of halogens is 4. The minimum absolute atomic E-state index is 0.0463. The highest BCUT2D eigenvalue weighted by Gasteiger charge is 2.17. The summed E-state index contributed by atoms with van der Waals surface area (Å²) in [5, 5.41) is 2.41. The maximum Gasteiger partial charge on any atom is 0.257 e. The van der Waals surface area contributed by atoms with Gasteiger partial charge in [0.1, 0.15) is 17.2 Å². The van der Waals surface area contributed by atoms with Gasteiger partial charge in [0.15, 0.2) is 0 Å². The van der Waals surface area contributed by atoms with Crippen LogP contribution in [-0.4, -0.2) is 12.5 Å². The molecule has 0 radical (unpaired) electrons. The highest BCUT2D eigenvalue weighted by atomic mass is 79.9. The lowest BCUT2D eigenvalue weighted by Gasteiger charge is -2.06. The first-order valence-corrected chi connectivity index (χ1v) is 5.35. The molecule has 0 aliphatic carbocycles. The second kappa shape index (κ2) is 5.41. The molecule has 0 saturated carbocycles. The fourth-order valence-corrected chi connectivity index (χ4v) is 1.49. The van der Waals surface area contributed by atoms with Gasteiger partial charge in [0.05, 0.1) is 6.54 Å². The van der Waals surface area contributed by atoms with Gasteiger partial charge >= 0.3 is 0 Å². The van der Waals surface area contributed by atoms with Gasteiger partial charge in [-0.2, -0.15) is 0 Å². The molecule has 1 rings (SSSR count). The third kappa shape index (κ3) is 3.28. The van der Waals surface area contributed by atoms with Gasteiger partial charge in [-0.05, 0) is 12.1 Å². The van der Waals surface area contributed by atoms with E-state index >= 15 is 0 Å². The van der Waals surface area contributed by atoms with Gasteiger partial charge in [-0.15, -0.1) is 0 Å². The monoisotopic (exact) mass is 309 g/mol. The van der Waals surface area contributed by atoms with Crippen LogP contribution in [0.25, 0.3) is 0 Å². The van der Waals surface area contributed by atoms with E-state index < -0.39 is 23.1 Å². The molecule has 1 amide bonds. The number of rotatable bonds is 3.